The summed E-state index contributed by atoms with van der Waals surface area (Å²) < 4.78 is 10.4. The topological polar surface area (TPSA) is 64.1 Å². The van der Waals surface area contributed by atoms with Crippen LogP contribution >= 0.6 is 11.6 Å². The van der Waals surface area contributed by atoms with Crippen molar-refractivity contribution >= 4 is 22.6 Å². The molecular formula is C13H12ClN3O2. The van der Waals surface area contributed by atoms with Gasteiger partial charge in [0.15, 0.2) is 11.0 Å². The van der Waals surface area contributed by atoms with Gasteiger partial charge in [-0.2, -0.15) is 4.98 Å². The molecule has 0 radical (unpaired) electrons. The van der Waals surface area contributed by atoms with Gasteiger partial charge in [-0.15, -0.1) is 0 Å². The lowest BCUT2D eigenvalue weighted by molar-refractivity contribution is 0.385. The fourth-order valence-electron chi connectivity index (χ4n) is 1.95. The van der Waals surface area contributed by atoms with Gasteiger partial charge in [-0.3, -0.25) is 0 Å². The van der Waals surface area contributed by atoms with E-state index in [0.29, 0.717) is 30.0 Å². The maximum atomic E-state index is 6.10. The molecule has 3 aromatic rings. The summed E-state index contributed by atoms with van der Waals surface area (Å²) in [7, 11) is 0. The van der Waals surface area contributed by atoms with Crippen LogP contribution in [0.5, 0.6) is 0 Å². The van der Waals surface area contributed by atoms with E-state index < -0.39 is 0 Å². The molecule has 0 fully saturated rings. The lowest BCUT2D eigenvalue weighted by Gasteiger charge is -2.00. The van der Waals surface area contributed by atoms with Crippen LogP contribution in [0.2, 0.25) is 5.22 Å². The third-order valence-electron chi connectivity index (χ3n) is 2.80. The van der Waals surface area contributed by atoms with E-state index in [1.165, 1.54) is 0 Å². The number of hydrogen-bond donors (Lipinski definition) is 1. The van der Waals surface area contributed by atoms with Crippen molar-refractivity contribution in [1.82, 2.24) is 15.5 Å². The molecule has 1 N–H and O–H groups in total. The monoisotopic (exact) mass is 277 g/mol. The van der Waals surface area contributed by atoms with Crippen molar-refractivity contribution in [2.75, 3.05) is 0 Å². The van der Waals surface area contributed by atoms with E-state index in [0.717, 1.165) is 16.5 Å². The van der Waals surface area contributed by atoms with Crippen molar-refractivity contribution in [3.63, 3.8) is 0 Å². The number of nitrogens with one attached hydrogen (secondary N) is 1. The molecule has 1 aromatic carbocycles. The Bertz CT molecular complexity index is 705. The molecule has 0 saturated carbocycles. The number of nitrogens with zero attached hydrogens (tertiary/aromatic N) is 2. The predicted octanol–water partition coefficient (Wildman–Crippen LogP) is 3.07. The number of para-hydroxylation sites is 1. The average Bonchev–Trinajstić information content (AvgIpc) is 2.94. The van der Waals surface area contributed by atoms with Crippen molar-refractivity contribution in [1.29, 1.82) is 0 Å². The minimum atomic E-state index is 0.415. The summed E-state index contributed by atoms with van der Waals surface area (Å²) in [5.74, 6) is 1.19. The van der Waals surface area contributed by atoms with E-state index in [4.69, 9.17) is 20.5 Å². The number of furan rings is 1. The molecule has 0 unspecified atom stereocenters. The van der Waals surface area contributed by atoms with Crippen molar-refractivity contribution in [3.8, 4) is 0 Å². The van der Waals surface area contributed by atoms with Gasteiger partial charge in [0, 0.05) is 24.4 Å². The van der Waals surface area contributed by atoms with Gasteiger partial charge in [-0.1, -0.05) is 23.4 Å². The highest BCUT2D eigenvalue weighted by molar-refractivity contribution is 6.30. The number of fused-ring (bicyclic) bond motifs is 1. The first-order valence-electron chi connectivity index (χ1n) is 5.90. The van der Waals surface area contributed by atoms with E-state index in [2.05, 4.69) is 15.5 Å². The van der Waals surface area contributed by atoms with Crippen molar-refractivity contribution < 1.29 is 8.94 Å². The second-order valence-corrected chi connectivity index (χ2v) is 4.53. The molecule has 0 aliphatic heterocycles. The Labute approximate surface area is 114 Å². The molecule has 0 bridgehead atoms. The van der Waals surface area contributed by atoms with Gasteiger partial charge in [0.25, 0.3) is 0 Å². The summed E-state index contributed by atoms with van der Waals surface area (Å²) in [4.78, 5) is 4.12. The summed E-state index contributed by atoms with van der Waals surface area (Å²) in [5, 5.41) is 8.47. The first-order valence-corrected chi connectivity index (χ1v) is 6.27. The third-order valence-corrected chi connectivity index (χ3v) is 3.11. The SMILES string of the molecule is Cc1nc(CNCc2c(Cl)oc3ccccc23)no1. The molecular weight excluding hydrogens is 266 g/mol. The van der Waals surface area contributed by atoms with E-state index in [1.54, 1.807) is 6.92 Å². The van der Waals surface area contributed by atoms with Crippen LogP contribution in [0.1, 0.15) is 17.3 Å². The van der Waals surface area contributed by atoms with Crippen LogP contribution in [0.3, 0.4) is 0 Å². The van der Waals surface area contributed by atoms with Crippen LogP contribution in [0, 0.1) is 6.92 Å². The zero-order valence-electron chi connectivity index (χ0n) is 10.3. The number of halogens is 1. The van der Waals surface area contributed by atoms with Crippen LogP contribution in [0.25, 0.3) is 11.0 Å². The molecule has 6 heteroatoms. The molecule has 98 valence electrons. The van der Waals surface area contributed by atoms with Crippen LogP contribution in [-0.4, -0.2) is 10.1 Å². The Morgan fingerprint density at radius 2 is 2.11 bits per heavy atom. The lowest BCUT2D eigenvalue weighted by atomic mass is 10.2. The van der Waals surface area contributed by atoms with Crippen molar-refractivity contribution in [2.45, 2.75) is 20.0 Å². The molecule has 0 amide bonds. The maximum absolute atomic E-state index is 6.10. The summed E-state index contributed by atoms with van der Waals surface area (Å²) in [6.45, 7) is 2.87. The van der Waals surface area contributed by atoms with E-state index in [9.17, 15) is 0 Å². The Kier molecular flexibility index (Phi) is 3.23. The van der Waals surface area contributed by atoms with Crippen LogP contribution < -0.4 is 5.32 Å². The van der Waals surface area contributed by atoms with Crippen LogP contribution in [0.4, 0.5) is 0 Å². The third kappa shape index (κ3) is 2.47. The van der Waals surface area contributed by atoms with Gasteiger partial charge in [-0.05, 0) is 17.7 Å². The molecule has 2 aromatic heterocycles. The first-order chi connectivity index (χ1) is 9.24. The van der Waals surface area contributed by atoms with Gasteiger partial charge in [-0.25, -0.2) is 0 Å². The number of benzene rings is 1. The van der Waals surface area contributed by atoms with Crippen LogP contribution in [-0.2, 0) is 13.1 Å². The Morgan fingerprint density at radius 3 is 2.89 bits per heavy atom. The number of aromatic nitrogens is 2. The number of aryl methyl sites for hydroxylation is 1. The summed E-state index contributed by atoms with van der Waals surface area (Å²) in [5.41, 5.74) is 1.73. The fourth-order valence-corrected chi connectivity index (χ4v) is 2.20. The minimum absolute atomic E-state index is 0.415. The molecule has 0 saturated heterocycles. The van der Waals surface area contributed by atoms with Gasteiger partial charge in [0.05, 0.1) is 6.54 Å². The Morgan fingerprint density at radius 1 is 1.26 bits per heavy atom. The molecule has 19 heavy (non-hydrogen) atoms. The zero-order valence-corrected chi connectivity index (χ0v) is 11.1. The highest BCUT2D eigenvalue weighted by atomic mass is 35.5. The quantitative estimate of drug-likeness (QED) is 0.794. The second-order valence-electron chi connectivity index (χ2n) is 4.18. The molecule has 0 atom stereocenters. The summed E-state index contributed by atoms with van der Waals surface area (Å²) in [6, 6.07) is 7.76. The molecule has 0 spiro atoms. The highest BCUT2D eigenvalue weighted by Crippen LogP contribution is 2.29. The molecule has 0 aliphatic carbocycles. The molecule has 3 rings (SSSR count). The van der Waals surface area contributed by atoms with Gasteiger partial charge in [0.2, 0.25) is 5.89 Å². The smallest absolute Gasteiger partial charge is 0.223 e. The summed E-state index contributed by atoms with van der Waals surface area (Å²) >= 11 is 6.10. The normalized spacial score (nSPS) is 11.3. The Hall–Kier alpha value is -1.85. The second kappa shape index (κ2) is 5.03. The first kappa shape index (κ1) is 12.2. The molecule has 2 heterocycles. The van der Waals surface area contributed by atoms with Crippen LogP contribution in [0.15, 0.2) is 33.2 Å². The zero-order chi connectivity index (χ0) is 13.2. The Balaban J connectivity index is 1.73. The van der Waals surface area contributed by atoms with Crippen molar-refractivity contribution in [2.24, 2.45) is 0 Å². The number of rotatable bonds is 4. The summed E-state index contributed by atoms with van der Waals surface area (Å²) in [6.07, 6.45) is 0. The van der Waals surface area contributed by atoms with E-state index in [-0.39, 0.29) is 0 Å². The highest BCUT2D eigenvalue weighted by Gasteiger charge is 2.11. The van der Waals surface area contributed by atoms with Gasteiger partial charge in [0.1, 0.15) is 5.58 Å². The van der Waals surface area contributed by atoms with Gasteiger partial charge >= 0.3 is 0 Å². The average molecular weight is 278 g/mol. The predicted molar refractivity (Wildman–Crippen MR) is 70.8 cm³/mol. The lowest BCUT2D eigenvalue weighted by Crippen LogP contribution is -2.13. The van der Waals surface area contributed by atoms with Gasteiger partial charge < -0.3 is 14.3 Å². The minimum Gasteiger partial charge on any atom is -0.444 e. The molecule has 5 nitrogen and oxygen atoms in total. The molecule has 0 aliphatic rings. The standard InChI is InChI=1S/C13H12ClN3O2/c1-8-16-12(17-19-8)7-15-6-10-9-4-2-3-5-11(9)18-13(10)14/h2-5,15H,6-7H2,1H3. The maximum Gasteiger partial charge on any atom is 0.223 e. The fraction of sp³-hybridized carbons (Fsp3) is 0.231. The van der Waals surface area contributed by atoms with Crippen molar-refractivity contribution in [3.05, 3.63) is 46.8 Å². The van der Waals surface area contributed by atoms with E-state index in [1.807, 2.05) is 24.3 Å². The van der Waals surface area contributed by atoms with E-state index >= 15 is 0 Å². The largest absolute Gasteiger partial charge is 0.444 e. The number of hydrogen-bond acceptors (Lipinski definition) is 5.